The molecule has 8 nitrogen and oxygen atoms in total. The predicted molar refractivity (Wildman–Crippen MR) is 96.9 cm³/mol. The third-order valence-corrected chi connectivity index (χ3v) is 4.51. The number of hydrogen-bond acceptors (Lipinski definition) is 6. The summed E-state index contributed by atoms with van der Waals surface area (Å²) in [6.45, 7) is 2.05. The normalized spacial score (nSPS) is 11.1. The number of hydrogen-bond donors (Lipinski definition) is 3. The van der Waals surface area contributed by atoms with Crippen LogP contribution < -0.4 is 5.32 Å². The van der Waals surface area contributed by atoms with Crippen molar-refractivity contribution in [3.8, 4) is 0 Å². The number of benzene rings is 1. The number of carbonyl (C=O) groups is 1. The maximum absolute atomic E-state index is 12.1. The van der Waals surface area contributed by atoms with Gasteiger partial charge < -0.3 is 15.0 Å². The zero-order chi connectivity index (χ0) is 17.4. The Balaban J connectivity index is 1.77. The minimum absolute atomic E-state index is 0.294. The van der Waals surface area contributed by atoms with Gasteiger partial charge in [0.1, 0.15) is 23.5 Å². The van der Waals surface area contributed by atoms with Crippen LogP contribution in [0.15, 0.2) is 35.2 Å². The molecular formula is C16H13BrN6O2. The number of aromatic amines is 2. The van der Waals surface area contributed by atoms with Crippen LogP contribution in [-0.2, 0) is 4.74 Å². The van der Waals surface area contributed by atoms with Gasteiger partial charge in [-0.25, -0.2) is 14.8 Å². The summed E-state index contributed by atoms with van der Waals surface area (Å²) in [7, 11) is 0. The molecular weight excluding hydrogens is 388 g/mol. The molecule has 3 N–H and O–H groups in total. The van der Waals surface area contributed by atoms with E-state index >= 15 is 0 Å². The van der Waals surface area contributed by atoms with Gasteiger partial charge in [0.05, 0.1) is 28.2 Å². The summed E-state index contributed by atoms with van der Waals surface area (Å²) in [6, 6.07) is 5.81. The first kappa shape index (κ1) is 15.6. The summed E-state index contributed by atoms with van der Waals surface area (Å²) in [5.74, 6) is 0.129. The standard InChI is InChI=1S/C16H13BrN6O2/c1-2-25-16(24)13-12(17)11-14(18-7-19-15(11)22-13)21-9-3-4-10-8(5-9)6-20-23-10/h3-7H,2H2,1H3,(H,20,23)(H2,18,19,21,22). The molecule has 3 heterocycles. The first-order valence-corrected chi connectivity index (χ1v) is 8.36. The number of ether oxygens (including phenoxy) is 1. The van der Waals surface area contributed by atoms with Crippen LogP contribution in [0.1, 0.15) is 17.4 Å². The van der Waals surface area contributed by atoms with Crippen molar-refractivity contribution in [3.05, 3.63) is 40.9 Å². The molecule has 0 unspecified atom stereocenters. The van der Waals surface area contributed by atoms with Gasteiger partial charge in [-0.15, -0.1) is 0 Å². The number of fused-ring (bicyclic) bond motifs is 2. The van der Waals surface area contributed by atoms with E-state index in [0.29, 0.717) is 33.6 Å². The molecule has 0 aliphatic heterocycles. The number of aromatic nitrogens is 5. The van der Waals surface area contributed by atoms with E-state index in [1.165, 1.54) is 6.33 Å². The van der Waals surface area contributed by atoms with Crippen molar-refractivity contribution >= 4 is 55.3 Å². The zero-order valence-electron chi connectivity index (χ0n) is 13.1. The number of rotatable bonds is 4. The first-order chi connectivity index (χ1) is 12.2. The Kier molecular flexibility index (Phi) is 3.85. The SMILES string of the molecule is CCOC(=O)c1[nH]c2ncnc(Nc3ccc4[nH]ncc4c3)c2c1Br. The lowest BCUT2D eigenvalue weighted by Gasteiger charge is -2.07. The monoisotopic (exact) mass is 400 g/mol. The molecule has 0 radical (unpaired) electrons. The third-order valence-electron chi connectivity index (χ3n) is 3.71. The highest BCUT2D eigenvalue weighted by molar-refractivity contribution is 9.10. The summed E-state index contributed by atoms with van der Waals surface area (Å²) in [5.41, 5.74) is 2.65. The molecule has 0 saturated carbocycles. The molecule has 0 saturated heterocycles. The van der Waals surface area contributed by atoms with Crippen LogP contribution in [0.5, 0.6) is 0 Å². The van der Waals surface area contributed by atoms with E-state index in [-0.39, 0.29) is 0 Å². The Hall–Kier alpha value is -2.94. The van der Waals surface area contributed by atoms with Crippen LogP contribution in [0, 0.1) is 0 Å². The van der Waals surface area contributed by atoms with Gasteiger partial charge >= 0.3 is 5.97 Å². The fourth-order valence-corrected chi connectivity index (χ4v) is 3.22. The molecule has 4 rings (SSSR count). The smallest absolute Gasteiger partial charge is 0.355 e. The highest BCUT2D eigenvalue weighted by Gasteiger charge is 2.20. The average molecular weight is 401 g/mol. The van der Waals surface area contributed by atoms with E-state index in [2.05, 4.69) is 46.4 Å². The molecule has 0 bridgehead atoms. The Morgan fingerprint density at radius 1 is 1.36 bits per heavy atom. The lowest BCUT2D eigenvalue weighted by Crippen LogP contribution is -2.05. The summed E-state index contributed by atoms with van der Waals surface area (Å²) < 4.78 is 5.62. The molecule has 4 aromatic rings. The molecule has 126 valence electrons. The van der Waals surface area contributed by atoms with E-state index in [4.69, 9.17) is 4.74 Å². The largest absolute Gasteiger partial charge is 0.461 e. The number of H-pyrrole nitrogens is 2. The molecule has 9 heteroatoms. The van der Waals surface area contributed by atoms with Gasteiger partial charge in [0, 0.05) is 11.1 Å². The van der Waals surface area contributed by atoms with Crippen molar-refractivity contribution in [2.45, 2.75) is 6.92 Å². The fourth-order valence-electron chi connectivity index (χ4n) is 2.58. The summed E-state index contributed by atoms with van der Waals surface area (Å²) in [5, 5.41) is 11.8. The summed E-state index contributed by atoms with van der Waals surface area (Å²) in [6.07, 6.45) is 3.18. The Bertz CT molecular complexity index is 1090. The van der Waals surface area contributed by atoms with E-state index in [9.17, 15) is 4.79 Å². The number of halogens is 1. The number of nitrogens with zero attached hydrogens (tertiary/aromatic N) is 3. The molecule has 0 aliphatic rings. The van der Waals surface area contributed by atoms with Crippen molar-refractivity contribution in [1.82, 2.24) is 25.1 Å². The van der Waals surface area contributed by atoms with Crippen LogP contribution in [0.4, 0.5) is 11.5 Å². The number of nitrogens with one attached hydrogen (secondary N) is 3. The number of anilines is 2. The van der Waals surface area contributed by atoms with Crippen LogP contribution in [0.25, 0.3) is 21.9 Å². The average Bonchev–Trinajstić information content (AvgIpc) is 3.20. The highest BCUT2D eigenvalue weighted by Crippen LogP contribution is 2.33. The van der Waals surface area contributed by atoms with Crippen LogP contribution in [0.2, 0.25) is 0 Å². The quantitative estimate of drug-likeness (QED) is 0.452. The van der Waals surface area contributed by atoms with Crippen LogP contribution >= 0.6 is 15.9 Å². The molecule has 25 heavy (non-hydrogen) atoms. The van der Waals surface area contributed by atoms with E-state index in [1.807, 2.05) is 18.2 Å². The van der Waals surface area contributed by atoms with Gasteiger partial charge in [-0.3, -0.25) is 5.10 Å². The zero-order valence-corrected chi connectivity index (χ0v) is 14.7. The maximum atomic E-state index is 12.1. The van der Waals surface area contributed by atoms with Gasteiger partial charge in [-0.05, 0) is 41.1 Å². The summed E-state index contributed by atoms with van der Waals surface area (Å²) >= 11 is 3.45. The second-order valence-electron chi connectivity index (χ2n) is 5.28. The van der Waals surface area contributed by atoms with Crippen molar-refractivity contribution in [2.75, 3.05) is 11.9 Å². The molecule has 1 aromatic carbocycles. The molecule has 0 spiro atoms. The second kappa shape index (κ2) is 6.17. The molecule has 0 atom stereocenters. The van der Waals surface area contributed by atoms with Gasteiger partial charge in [-0.2, -0.15) is 5.10 Å². The first-order valence-electron chi connectivity index (χ1n) is 7.57. The molecule has 0 aliphatic carbocycles. The highest BCUT2D eigenvalue weighted by atomic mass is 79.9. The fraction of sp³-hybridized carbons (Fsp3) is 0.125. The minimum atomic E-state index is -0.446. The molecule has 0 amide bonds. The van der Waals surface area contributed by atoms with E-state index in [1.54, 1.807) is 13.1 Å². The van der Waals surface area contributed by atoms with Gasteiger partial charge in [0.2, 0.25) is 0 Å². The third kappa shape index (κ3) is 2.72. The Morgan fingerprint density at radius 2 is 2.24 bits per heavy atom. The van der Waals surface area contributed by atoms with Crippen molar-refractivity contribution in [1.29, 1.82) is 0 Å². The molecule has 0 fully saturated rings. The number of esters is 1. The predicted octanol–water partition coefficient (Wildman–Crippen LogP) is 3.52. The minimum Gasteiger partial charge on any atom is -0.461 e. The maximum Gasteiger partial charge on any atom is 0.355 e. The van der Waals surface area contributed by atoms with Crippen LogP contribution in [0.3, 0.4) is 0 Å². The van der Waals surface area contributed by atoms with E-state index < -0.39 is 5.97 Å². The second-order valence-corrected chi connectivity index (χ2v) is 6.07. The van der Waals surface area contributed by atoms with Crippen LogP contribution in [-0.4, -0.2) is 37.7 Å². The van der Waals surface area contributed by atoms with Gasteiger partial charge in [0.15, 0.2) is 0 Å². The molecule has 3 aromatic heterocycles. The lowest BCUT2D eigenvalue weighted by atomic mass is 10.2. The van der Waals surface area contributed by atoms with Gasteiger partial charge in [0.25, 0.3) is 0 Å². The topological polar surface area (TPSA) is 109 Å². The summed E-state index contributed by atoms with van der Waals surface area (Å²) in [4.78, 5) is 23.5. The van der Waals surface area contributed by atoms with Crippen molar-refractivity contribution in [3.63, 3.8) is 0 Å². The van der Waals surface area contributed by atoms with Gasteiger partial charge in [-0.1, -0.05) is 0 Å². The lowest BCUT2D eigenvalue weighted by molar-refractivity contribution is 0.0519. The van der Waals surface area contributed by atoms with Crippen molar-refractivity contribution < 1.29 is 9.53 Å². The Labute approximate surface area is 150 Å². The Morgan fingerprint density at radius 3 is 3.08 bits per heavy atom. The number of carbonyl (C=O) groups excluding carboxylic acids is 1. The van der Waals surface area contributed by atoms with E-state index in [0.717, 1.165) is 16.6 Å². The van der Waals surface area contributed by atoms with Crippen molar-refractivity contribution in [2.24, 2.45) is 0 Å².